The number of piperazine rings is 1. The number of hydrogen-bond donors (Lipinski definition) is 2. The molecule has 0 aromatic heterocycles. The van der Waals surface area contributed by atoms with Crippen molar-refractivity contribution in [2.75, 3.05) is 53.0 Å². The fraction of sp³-hybridized carbons (Fsp3) is 0.533. The fourth-order valence-corrected chi connectivity index (χ4v) is 5.46. The summed E-state index contributed by atoms with van der Waals surface area (Å²) in [6.07, 6.45) is 11.5. The van der Waals surface area contributed by atoms with E-state index in [9.17, 15) is 4.79 Å². The van der Waals surface area contributed by atoms with Crippen LogP contribution in [0.5, 0.6) is 5.75 Å². The number of allylic oxidation sites excluding steroid dienone is 1. The van der Waals surface area contributed by atoms with Crippen LogP contribution in [0.3, 0.4) is 0 Å². The zero-order valence-corrected chi connectivity index (χ0v) is 23.8. The van der Waals surface area contributed by atoms with Crippen LogP contribution in [-0.4, -0.2) is 92.3 Å². The summed E-state index contributed by atoms with van der Waals surface area (Å²) in [4.78, 5) is 26.1. The third kappa shape index (κ3) is 7.04. The molecule has 4 aliphatic rings. The van der Waals surface area contributed by atoms with E-state index in [1.165, 1.54) is 12.8 Å². The number of rotatable bonds is 11. The largest absolute Gasteiger partial charge is 0.497 e. The first-order valence-corrected chi connectivity index (χ1v) is 14.4. The van der Waals surface area contributed by atoms with E-state index >= 15 is 0 Å². The van der Waals surface area contributed by atoms with E-state index in [2.05, 4.69) is 27.8 Å². The highest BCUT2D eigenvalue weighted by atomic mass is 16.7. The number of ether oxygens (including phenoxy) is 2. The molecular weight excluding hydrogens is 508 g/mol. The van der Waals surface area contributed by atoms with Gasteiger partial charge in [0.1, 0.15) is 29.7 Å². The Morgan fingerprint density at radius 3 is 2.67 bits per heavy atom. The average Bonchev–Trinajstić information content (AvgIpc) is 3.49. The number of hydroxylamine groups is 2. The topological polar surface area (TPSA) is 90.9 Å². The summed E-state index contributed by atoms with van der Waals surface area (Å²) in [7, 11) is 1.68. The molecule has 2 atom stereocenters. The molecule has 0 spiro atoms. The second-order valence-corrected chi connectivity index (χ2v) is 10.9. The Bertz CT molecular complexity index is 1130. The smallest absolute Gasteiger partial charge is 0.265 e. The zero-order valence-electron chi connectivity index (χ0n) is 23.8. The highest BCUT2D eigenvalue weighted by Crippen LogP contribution is 2.30. The van der Waals surface area contributed by atoms with Crippen LogP contribution in [-0.2, 0) is 9.57 Å². The molecule has 40 heavy (non-hydrogen) atoms. The van der Waals surface area contributed by atoms with E-state index in [1.54, 1.807) is 25.6 Å². The lowest BCUT2D eigenvalue weighted by Gasteiger charge is -2.40. The third-order valence-electron chi connectivity index (χ3n) is 7.61. The SMILES string of the molecule is COC1=CC2=C(N3CCN(NC(=O)c4ccc(OC(C)C)cc4)CC3)N=CN(OCCCC3CCNC3)C2C=C1. The van der Waals surface area contributed by atoms with Gasteiger partial charge in [-0.2, -0.15) is 0 Å². The lowest BCUT2D eigenvalue weighted by atomic mass is 9.99. The summed E-state index contributed by atoms with van der Waals surface area (Å²) >= 11 is 0. The van der Waals surface area contributed by atoms with Crippen LogP contribution in [0.4, 0.5) is 0 Å². The van der Waals surface area contributed by atoms with Crippen molar-refractivity contribution in [2.45, 2.75) is 45.3 Å². The third-order valence-corrected chi connectivity index (χ3v) is 7.61. The molecule has 5 rings (SSSR count). The minimum Gasteiger partial charge on any atom is -0.497 e. The predicted molar refractivity (Wildman–Crippen MR) is 154 cm³/mol. The number of methoxy groups -OCH3 is 1. The Balaban J connectivity index is 1.16. The van der Waals surface area contributed by atoms with Crippen molar-refractivity contribution >= 4 is 12.2 Å². The van der Waals surface area contributed by atoms with Gasteiger partial charge in [0.25, 0.3) is 5.91 Å². The van der Waals surface area contributed by atoms with Gasteiger partial charge in [-0.05, 0) is 88.5 Å². The molecular formula is C30H42N6O4. The lowest BCUT2D eigenvalue weighted by molar-refractivity contribution is -0.108. The van der Waals surface area contributed by atoms with Gasteiger partial charge in [-0.3, -0.25) is 15.1 Å². The number of carbonyl (C=O) groups excluding carboxylic acids is 1. The quantitative estimate of drug-likeness (QED) is 0.407. The molecule has 1 aromatic carbocycles. The second kappa shape index (κ2) is 13.3. The molecule has 2 fully saturated rings. The molecule has 2 N–H and O–H groups in total. The number of nitrogens with one attached hydrogen (secondary N) is 2. The van der Waals surface area contributed by atoms with Gasteiger partial charge in [0, 0.05) is 37.3 Å². The monoisotopic (exact) mass is 550 g/mol. The number of hydrazine groups is 1. The maximum atomic E-state index is 12.8. The van der Waals surface area contributed by atoms with Crippen molar-refractivity contribution in [3.8, 4) is 5.75 Å². The van der Waals surface area contributed by atoms with Crippen LogP contribution in [0.1, 0.15) is 43.5 Å². The van der Waals surface area contributed by atoms with E-state index < -0.39 is 0 Å². The van der Waals surface area contributed by atoms with E-state index in [0.29, 0.717) is 25.3 Å². The van der Waals surface area contributed by atoms with Gasteiger partial charge in [-0.15, -0.1) is 0 Å². The molecule has 0 radical (unpaired) electrons. The molecule has 10 nitrogen and oxygen atoms in total. The number of carbonyl (C=O) groups is 1. The number of amides is 1. The summed E-state index contributed by atoms with van der Waals surface area (Å²) in [5.41, 5.74) is 4.71. The molecule has 0 bridgehead atoms. The standard InChI is InChI=1S/C30H42N6O4/c1-22(2)40-25-8-6-24(7-9-25)30(37)33-35-16-14-34(15-17-35)29-27-19-26(38-3)10-11-28(27)36(21-32-29)39-18-4-5-23-12-13-31-20-23/h6-11,19,21-23,28,31H,4-5,12-18,20H2,1-3H3,(H,33,37). The van der Waals surface area contributed by atoms with Crippen molar-refractivity contribution < 1.29 is 19.1 Å². The average molecular weight is 551 g/mol. The van der Waals surface area contributed by atoms with E-state index in [0.717, 1.165) is 61.4 Å². The summed E-state index contributed by atoms with van der Waals surface area (Å²) < 4.78 is 11.2. The number of nitrogens with zero attached hydrogens (tertiary/aromatic N) is 4. The van der Waals surface area contributed by atoms with Gasteiger partial charge in [-0.1, -0.05) is 6.08 Å². The molecule has 10 heteroatoms. The molecule has 216 valence electrons. The first-order valence-electron chi connectivity index (χ1n) is 14.4. The number of fused-ring (bicyclic) bond motifs is 1. The minimum absolute atomic E-state index is 0.0556. The van der Waals surface area contributed by atoms with E-state index in [-0.39, 0.29) is 18.1 Å². The van der Waals surface area contributed by atoms with Gasteiger partial charge in [0.05, 0.1) is 19.8 Å². The van der Waals surface area contributed by atoms with E-state index in [4.69, 9.17) is 19.3 Å². The Labute approximate surface area is 237 Å². The first kappa shape index (κ1) is 28.2. The maximum Gasteiger partial charge on any atom is 0.265 e. The van der Waals surface area contributed by atoms with Crippen molar-refractivity contribution in [3.63, 3.8) is 0 Å². The summed E-state index contributed by atoms with van der Waals surface area (Å²) in [6.45, 7) is 9.72. The summed E-state index contributed by atoms with van der Waals surface area (Å²) in [6, 6.07) is 7.20. The van der Waals surface area contributed by atoms with Crippen molar-refractivity contribution in [2.24, 2.45) is 10.9 Å². The minimum atomic E-state index is -0.121. The van der Waals surface area contributed by atoms with Crippen LogP contribution in [0.2, 0.25) is 0 Å². The van der Waals surface area contributed by atoms with Gasteiger partial charge < -0.3 is 19.7 Å². The van der Waals surface area contributed by atoms with Gasteiger partial charge >= 0.3 is 0 Å². The maximum absolute atomic E-state index is 12.8. The molecule has 3 aliphatic heterocycles. The summed E-state index contributed by atoms with van der Waals surface area (Å²) in [5.74, 6) is 3.12. The second-order valence-electron chi connectivity index (χ2n) is 10.9. The van der Waals surface area contributed by atoms with Crippen LogP contribution in [0.25, 0.3) is 0 Å². The Morgan fingerprint density at radius 1 is 1.18 bits per heavy atom. The van der Waals surface area contributed by atoms with Crippen molar-refractivity contribution in [1.29, 1.82) is 0 Å². The number of benzene rings is 1. The van der Waals surface area contributed by atoms with Crippen LogP contribution < -0.4 is 15.5 Å². The normalized spacial score (nSPS) is 22.9. The molecule has 3 heterocycles. The Kier molecular flexibility index (Phi) is 9.41. The molecule has 2 unspecified atom stereocenters. The van der Waals surface area contributed by atoms with Gasteiger partial charge in [0.15, 0.2) is 0 Å². The van der Waals surface area contributed by atoms with Gasteiger partial charge in [-0.25, -0.2) is 15.1 Å². The molecule has 1 amide bonds. The lowest BCUT2D eigenvalue weighted by Crippen LogP contribution is -2.53. The fourth-order valence-electron chi connectivity index (χ4n) is 5.46. The van der Waals surface area contributed by atoms with Crippen LogP contribution in [0.15, 0.2) is 64.6 Å². The van der Waals surface area contributed by atoms with E-state index in [1.807, 2.05) is 42.1 Å². The van der Waals surface area contributed by atoms with Crippen LogP contribution in [0, 0.1) is 5.92 Å². The zero-order chi connectivity index (χ0) is 27.9. The van der Waals surface area contributed by atoms with Crippen molar-refractivity contribution in [3.05, 3.63) is 65.2 Å². The number of aliphatic imine (C=N–C) groups is 1. The Hall–Kier alpha value is -3.34. The highest BCUT2D eigenvalue weighted by Gasteiger charge is 2.31. The predicted octanol–water partition coefficient (Wildman–Crippen LogP) is 3.08. The molecule has 1 aliphatic carbocycles. The summed E-state index contributed by atoms with van der Waals surface area (Å²) in [5, 5.41) is 7.26. The van der Waals surface area contributed by atoms with Crippen LogP contribution >= 0.6 is 0 Å². The van der Waals surface area contributed by atoms with Gasteiger partial charge in [0.2, 0.25) is 0 Å². The van der Waals surface area contributed by atoms with Crippen molar-refractivity contribution in [1.82, 2.24) is 25.7 Å². The molecule has 1 aromatic rings. The Morgan fingerprint density at radius 2 is 1.98 bits per heavy atom. The molecule has 2 saturated heterocycles. The molecule has 0 saturated carbocycles. The number of hydrogen-bond acceptors (Lipinski definition) is 9. The first-order chi connectivity index (χ1) is 19.5. The highest BCUT2D eigenvalue weighted by molar-refractivity contribution is 5.93.